The Kier molecular flexibility index (Phi) is 4.03. The predicted octanol–water partition coefficient (Wildman–Crippen LogP) is 2.44. The highest BCUT2D eigenvalue weighted by Crippen LogP contribution is 2.24. The number of fused-ring (bicyclic) bond motifs is 4. The van der Waals surface area contributed by atoms with E-state index in [-0.39, 0.29) is 5.91 Å². The van der Waals surface area contributed by atoms with Gasteiger partial charge in [0, 0.05) is 24.9 Å². The van der Waals surface area contributed by atoms with E-state index in [2.05, 4.69) is 25.1 Å². The first kappa shape index (κ1) is 16.9. The van der Waals surface area contributed by atoms with Gasteiger partial charge < -0.3 is 9.88 Å². The first-order chi connectivity index (χ1) is 13.7. The quantitative estimate of drug-likeness (QED) is 0.594. The smallest absolute Gasteiger partial charge is 0.254 e. The molecule has 0 radical (unpaired) electrons. The van der Waals surface area contributed by atoms with Crippen molar-refractivity contribution in [3.8, 4) is 0 Å². The van der Waals surface area contributed by atoms with Crippen molar-refractivity contribution < 1.29 is 4.79 Å². The van der Waals surface area contributed by atoms with Gasteiger partial charge in [-0.05, 0) is 38.0 Å². The minimum atomic E-state index is -0.170. The molecule has 1 N–H and O–H groups in total. The molecule has 5 rings (SSSR count). The monoisotopic (exact) mass is 375 g/mol. The van der Waals surface area contributed by atoms with Gasteiger partial charge in [-0.25, -0.2) is 9.97 Å². The Morgan fingerprint density at radius 3 is 3.04 bits per heavy atom. The van der Waals surface area contributed by atoms with Crippen LogP contribution in [0.5, 0.6) is 0 Å². The number of pyridine rings is 2. The van der Waals surface area contributed by atoms with E-state index < -0.39 is 0 Å². The van der Waals surface area contributed by atoms with Gasteiger partial charge in [-0.15, -0.1) is 10.2 Å². The summed E-state index contributed by atoms with van der Waals surface area (Å²) in [6.45, 7) is 3.12. The van der Waals surface area contributed by atoms with Crippen LogP contribution in [0.3, 0.4) is 0 Å². The molecular weight excluding hydrogens is 354 g/mol. The fraction of sp³-hybridized carbons (Fsp3) is 0.350. The Bertz CT molecular complexity index is 1190. The van der Waals surface area contributed by atoms with Crippen LogP contribution in [0.15, 0.2) is 30.5 Å². The first-order valence-corrected chi connectivity index (χ1v) is 9.64. The molecule has 1 amide bonds. The fourth-order valence-electron chi connectivity index (χ4n) is 3.85. The molecule has 1 aliphatic heterocycles. The average molecular weight is 375 g/mol. The Labute approximate surface area is 161 Å². The molecule has 0 saturated heterocycles. The number of nitrogens with zero attached hydrogens (tertiary/aromatic N) is 6. The zero-order chi connectivity index (χ0) is 19.1. The molecule has 0 spiro atoms. The minimum absolute atomic E-state index is 0.170. The summed E-state index contributed by atoms with van der Waals surface area (Å²) >= 11 is 0. The van der Waals surface area contributed by atoms with Gasteiger partial charge >= 0.3 is 0 Å². The number of aromatic nitrogens is 6. The van der Waals surface area contributed by atoms with Crippen LogP contribution in [0.4, 0.5) is 0 Å². The fourth-order valence-corrected chi connectivity index (χ4v) is 3.85. The average Bonchev–Trinajstić information content (AvgIpc) is 3.18. The number of rotatable bonds is 3. The zero-order valence-electron chi connectivity index (χ0n) is 15.7. The second-order valence-electron chi connectivity index (χ2n) is 7.20. The van der Waals surface area contributed by atoms with Crippen LogP contribution in [-0.2, 0) is 19.5 Å². The second kappa shape index (κ2) is 6.70. The SMILES string of the molecule is Cc1cc(C(=O)NCc2nnc3ccccn23)c2nc3n(c2n1)CCCCC3. The molecule has 28 heavy (non-hydrogen) atoms. The third-order valence-corrected chi connectivity index (χ3v) is 5.23. The molecule has 4 aromatic heterocycles. The second-order valence-corrected chi connectivity index (χ2v) is 7.20. The maximum absolute atomic E-state index is 13.0. The van der Waals surface area contributed by atoms with Crippen molar-refractivity contribution in [2.45, 2.75) is 45.7 Å². The van der Waals surface area contributed by atoms with Crippen molar-refractivity contribution in [3.05, 3.63) is 53.4 Å². The number of hydrogen-bond acceptors (Lipinski definition) is 5. The Balaban J connectivity index is 1.47. The van der Waals surface area contributed by atoms with Gasteiger partial charge in [0.2, 0.25) is 0 Å². The van der Waals surface area contributed by atoms with E-state index in [9.17, 15) is 4.79 Å². The van der Waals surface area contributed by atoms with E-state index in [1.165, 1.54) is 6.42 Å². The van der Waals surface area contributed by atoms with Gasteiger partial charge in [-0.3, -0.25) is 9.20 Å². The van der Waals surface area contributed by atoms with Crippen LogP contribution in [0.1, 0.15) is 47.0 Å². The first-order valence-electron chi connectivity index (χ1n) is 9.64. The summed E-state index contributed by atoms with van der Waals surface area (Å²) in [5.74, 6) is 1.55. The maximum Gasteiger partial charge on any atom is 0.254 e. The van der Waals surface area contributed by atoms with Crippen molar-refractivity contribution in [3.63, 3.8) is 0 Å². The summed E-state index contributed by atoms with van der Waals surface area (Å²) in [5, 5.41) is 11.3. The van der Waals surface area contributed by atoms with Crippen molar-refractivity contribution in [1.82, 2.24) is 34.4 Å². The molecule has 0 aromatic carbocycles. The molecule has 0 aliphatic carbocycles. The highest BCUT2D eigenvalue weighted by Gasteiger charge is 2.21. The molecule has 5 heterocycles. The van der Waals surface area contributed by atoms with Crippen LogP contribution in [0.2, 0.25) is 0 Å². The summed E-state index contributed by atoms with van der Waals surface area (Å²) < 4.78 is 4.05. The van der Waals surface area contributed by atoms with E-state index in [0.29, 0.717) is 23.4 Å². The lowest BCUT2D eigenvalue weighted by molar-refractivity contribution is 0.0951. The van der Waals surface area contributed by atoms with Crippen molar-refractivity contribution in [2.75, 3.05) is 0 Å². The topological polar surface area (TPSA) is 90.0 Å². The van der Waals surface area contributed by atoms with Crippen molar-refractivity contribution >= 4 is 22.7 Å². The summed E-state index contributed by atoms with van der Waals surface area (Å²) in [5.41, 5.74) is 3.64. The predicted molar refractivity (Wildman–Crippen MR) is 104 cm³/mol. The van der Waals surface area contributed by atoms with Crippen molar-refractivity contribution in [2.24, 2.45) is 0 Å². The number of aryl methyl sites for hydroxylation is 3. The van der Waals surface area contributed by atoms with Crippen LogP contribution in [0, 0.1) is 6.92 Å². The molecular formula is C20H21N7O. The van der Waals surface area contributed by atoms with E-state index in [1.807, 2.05) is 41.8 Å². The highest BCUT2D eigenvalue weighted by atomic mass is 16.1. The molecule has 4 aromatic rings. The third-order valence-electron chi connectivity index (χ3n) is 5.23. The number of hydrogen-bond donors (Lipinski definition) is 1. The number of nitrogens with one attached hydrogen (secondary N) is 1. The molecule has 0 atom stereocenters. The van der Waals surface area contributed by atoms with E-state index in [1.54, 1.807) is 0 Å². The lowest BCUT2D eigenvalue weighted by Crippen LogP contribution is -2.24. The van der Waals surface area contributed by atoms with Gasteiger partial charge in [0.1, 0.15) is 11.3 Å². The maximum atomic E-state index is 13.0. The van der Waals surface area contributed by atoms with Gasteiger partial charge in [0.15, 0.2) is 17.1 Å². The van der Waals surface area contributed by atoms with Crippen LogP contribution in [0.25, 0.3) is 16.8 Å². The highest BCUT2D eigenvalue weighted by molar-refractivity contribution is 6.04. The summed E-state index contributed by atoms with van der Waals surface area (Å²) in [6, 6.07) is 7.51. The lowest BCUT2D eigenvalue weighted by atomic mass is 10.2. The van der Waals surface area contributed by atoms with Gasteiger partial charge in [-0.2, -0.15) is 0 Å². The third kappa shape index (κ3) is 2.81. The lowest BCUT2D eigenvalue weighted by Gasteiger charge is -2.07. The minimum Gasteiger partial charge on any atom is -0.345 e. The molecule has 0 unspecified atom stereocenters. The molecule has 0 saturated carbocycles. The van der Waals surface area contributed by atoms with Crippen LogP contribution < -0.4 is 5.32 Å². The normalized spacial score (nSPS) is 14.2. The molecule has 8 heteroatoms. The zero-order valence-corrected chi connectivity index (χ0v) is 15.7. The largest absolute Gasteiger partial charge is 0.345 e. The number of amides is 1. The van der Waals surface area contributed by atoms with E-state index in [4.69, 9.17) is 4.98 Å². The molecule has 1 aliphatic rings. The number of imidazole rings is 1. The van der Waals surface area contributed by atoms with Gasteiger partial charge in [0.25, 0.3) is 5.91 Å². The van der Waals surface area contributed by atoms with Gasteiger partial charge in [0.05, 0.1) is 12.1 Å². The number of carbonyl (C=O) groups excluding carboxylic acids is 1. The molecule has 142 valence electrons. The van der Waals surface area contributed by atoms with E-state index in [0.717, 1.165) is 48.6 Å². The molecule has 0 bridgehead atoms. The summed E-state index contributed by atoms with van der Waals surface area (Å²) in [6.07, 6.45) is 6.27. The summed E-state index contributed by atoms with van der Waals surface area (Å²) in [4.78, 5) is 22.4. The molecule has 8 nitrogen and oxygen atoms in total. The molecule has 0 fully saturated rings. The number of carbonyl (C=O) groups is 1. The van der Waals surface area contributed by atoms with Crippen LogP contribution >= 0.6 is 0 Å². The summed E-state index contributed by atoms with van der Waals surface area (Å²) in [7, 11) is 0. The Hall–Kier alpha value is -3.29. The van der Waals surface area contributed by atoms with E-state index >= 15 is 0 Å². The Morgan fingerprint density at radius 2 is 2.11 bits per heavy atom. The van der Waals surface area contributed by atoms with Crippen LogP contribution in [-0.4, -0.2) is 35.0 Å². The Morgan fingerprint density at radius 1 is 1.18 bits per heavy atom. The standard InChI is InChI=1S/C20H21N7O/c1-13-11-14(18-19(22-13)27-10-5-2-3-7-15(27)23-18)20(28)21-12-17-25-24-16-8-4-6-9-26(16)17/h4,6,8-9,11H,2-3,5,7,10,12H2,1H3,(H,21,28). The van der Waals surface area contributed by atoms with Gasteiger partial charge in [-0.1, -0.05) is 12.5 Å². The van der Waals surface area contributed by atoms with Crippen molar-refractivity contribution in [1.29, 1.82) is 0 Å².